The van der Waals surface area contributed by atoms with Crippen LogP contribution in [0, 0.1) is 0 Å². The van der Waals surface area contributed by atoms with E-state index in [0.717, 1.165) is 0 Å². The third-order valence-corrected chi connectivity index (χ3v) is 12.2. The highest BCUT2D eigenvalue weighted by Crippen LogP contribution is 2.52. The molecular weight excluding hydrogens is 661 g/mol. The van der Waals surface area contributed by atoms with Gasteiger partial charge in [0.25, 0.3) is 0 Å². The first kappa shape index (κ1) is 31.7. The Hall–Kier alpha value is -6.76. The summed E-state index contributed by atoms with van der Waals surface area (Å²) in [4.78, 5) is 0. The first-order valence-corrected chi connectivity index (χ1v) is 19.4. The Bertz CT molecular complexity index is 3150. The van der Waals surface area contributed by atoms with Gasteiger partial charge in [-0.2, -0.15) is 0 Å². The van der Waals surface area contributed by atoms with Crippen molar-refractivity contribution in [1.82, 2.24) is 0 Å². The fourth-order valence-electron chi connectivity index (χ4n) is 9.75. The van der Waals surface area contributed by atoms with Gasteiger partial charge in [0, 0.05) is 5.41 Å². The second-order valence-corrected chi connectivity index (χ2v) is 15.6. The van der Waals surface area contributed by atoms with Crippen molar-refractivity contribution in [2.75, 3.05) is 0 Å². The lowest BCUT2D eigenvalue weighted by molar-refractivity contribution is 0.666. The van der Waals surface area contributed by atoms with Gasteiger partial charge in [-0.15, -0.1) is 0 Å². The Morgan fingerprint density at radius 3 is 1.69 bits per heavy atom. The number of hydrogen-bond acceptors (Lipinski definition) is 0. The van der Waals surface area contributed by atoms with Crippen molar-refractivity contribution in [2.45, 2.75) is 19.3 Å². The molecule has 0 heteroatoms. The van der Waals surface area contributed by atoms with Crippen molar-refractivity contribution in [3.8, 4) is 55.6 Å². The molecule has 1 aliphatic rings. The summed E-state index contributed by atoms with van der Waals surface area (Å²) in [6.45, 7) is 4.75. The minimum atomic E-state index is -0.0547. The third-order valence-electron chi connectivity index (χ3n) is 12.2. The Kier molecular flexibility index (Phi) is 7.00. The van der Waals surface area contributed by atoms with Gasteiger partial charge in [-0.1, -0.05) is 196 Å². The van der Waals surface area contributed by atoms with Gasteiger partial charge in [0.1, 0.15) is 0 Å². The van der Waals surface area contributed by atoms with Crippen LogP contribution in [0.5, 0.6) is 0 Å². The predicted octanol–water partition coefficient (Wildman–Crippen LogP) is 15.3. The second-order valence-electron chi connectivity index (χ2n) is 15.6. The normalized spacial score (nSPS) is 13.1. The van der Waals surface area contributed by atoms with E-state index in [1.807, 2.05) is 0 Å². The molecule has 11 rings (SSSR count). The van der Waals surface area contributed by atoms with Crippen LogP contribution in [0.2, 0.25) is 0 Å². The van der Waals surface area contributed by atoms with Crippen LogP contribution in [0.1, 0.15) is 25.0 Å². The SMILES string of the molecule is CC1(C)c2ccccc2-c2ccc3cc(-c4ccc(-c5c6ccccc6c(-c6ccccc6)c6ccc7ccccc7c56)c(-c5ccccc5)c4)ccc3c21. The molecule has 0 bridgehead atoms. The van der Waals surface area contributed by atoms with Crippen LogP contribution in [0.25, 0.3) is 98.7 Å². The van der Waals surface area contributed by atoms with E-state index in [-0.39, 0.29) is 5.41 Å². The van der Waals surface area contributed by atoms with Crippen molar-refractivity contribution in [3.05, 3.63) is 205 Å². The molecule has 0 saturated carbocycles. The fraction of sp³-hybridized carbons (Fsp3) is 0.0545. The highest BCUT2D eigenvalue weighted by molar-refractivity contribution is 6.28. The summed E-state index contributed by atoms with van der Waals surface area (Å²) >= 11 is 0. The predicted molar refractivity (Wildman–Crippen MR) is 236 cm³/mol. The number of benzene rings is 10. The lowest BCUT2D eigenvalue weighted by Gasteiger charge is -2.23. The van der Waals surface area contributed by atoms with Gasteiger partial charge in [0.15, 0.2) is 0 Å². The standard InChI is InChI=1S/C55H38/c1-55(2)50-24-14-13-21-43(50)47-31-28-40-33-38(26-29-42(40)54(47)55)39-27-30-46(49(34-39)35-15-5-3-6-16-35)53-45-23-12-11-22-44(45)51(37-18-7-4-8-19-37)48-32-25-36-17-9-10-20-41(36)52(48)53/h3-34H,1-2H3. The average Bonchev–Trinajstić information content (AvgIpc) is 3.49. The molecule has 10 aromatic rings. The van der Waals surface area contributed by atoms with E-state index >= 15 is 0 Å². The van der Waals surface area contributed by atoms with Crippen LogP contribution in [0.15, 0.2) is 194 Å². The van der Waals surface area contributed by atoms with E-state index in [9.17, 15) is 0 Å². The zero-order valence-corrected chi connectivity index (χ0v) is 31.0. The maximum atomic E-state index is 2.43. The molecule has 0 nitrogen and oxygen atoms in total. The minimum Gasteiger partial charge on any atom is -0.0622 e. The van der Waals surface area contributed by atoms with Crippen molar-refractivity contribution in [2.24, 2.45) is 0 Å². The second kappa shape index (κ2) is 12.1. The number of hydrogen-bond donors (Lipinski definition) is 0. The van der Waals surface area contributed by atoms with E-state index in [0.29, 0.717) is 0 Å². The Balaban J connectivity index is 1.18. The molecule has 10 aromatic carbocycles. The maximum Gasteiger partial charge on any atom is 0.0165 e. The maximum absolute atomic E-state index is 2.43. The topological polar surface area (TPSA) is 0 Å². The lowest BCUT2D eigenvalue weighted by Crippen LogP contribution is -2.15. The van der Waals surface area contributed by atoms with Crippen molar-refractivity contribution >= 4 is 43.1 Å². The van der Waals surface area contributed by atoms with Crippen LogP contribution in [0.4, 0.5) is 0 Å². The van der Waals surface area contributed by atoms with E-state index in [4.69, 9.17) is 0 Å². The van der Waals surface area contributed by atoms with E-state index in [1.54, 1.807) is 0 Å². The highest BCUT2D eigenvalue weighted by Gasteiger charge is 2.36. The summed E-state index contributed by atoms with van der Waals surface area (Å²) in [5.41, 5.74) is 15.4. The van der Waals surface area contributed by atoms with Crippen molar-refractivity contribution in [1.29, 1.82) is 0 Å². The molecule has 0 saturated heterocycles. The van der Waals surface area contributed by atoms with Crippen molar-refractivity contribution in [3.63, 3.8) is 0 Å². The van der Waals surface area contributed by atoms with Crippen LogP contribution in [-0.2, 0) is 5.41 Å². The molecule has 0 spiro atoms. The van der Waals surface area contributed by atoms with Crippen LogP contribution in [0.3, 0.4) is 0 Å². The molecule has 0 heterocycles. The van der Waals surface area contributed by atoms with Gasteiger partial charge in [-0.25, -0.2) is 0 Å². The molecule has 0 amide bonds. The molecular formula is C55H38. The molecule has 258 valence electrons. The van der Waals surface area contributed by atoms with Gasteiger partial charge in [0.05, 0.1) is 0 Å². The number of fused-ring (bicyclic) bond motifs is 9. The molecule has 0 atom stereocenters. The summed E-state index contributed by atoms with van der Waals surface area (Å²) in [5, 5.41) is 10.2. The smallest absolute Gasteiger partial charge is 0.0165 e. The monoisotopic (exact) mass is 698 g/mol. The van der Waals surface area contributed by atoms with Crippen LogP contribution >= 0.6 is 0 Å². The third kappa shape index (κ3) is 4.78. The first-order valence-electron chi connectivity index (χ1n) is 19.4. The molecule has 55 heavy (non-hydrogen) atoms. The van der Waals surface area contributed by atoms with Gasteiger partial charge in [-0.3, -0.25) is 0 Å². The van der Waals surface area contributed by atoms with Gasteiger partial charge in [-0.05, 0) is 122 Å². The van der Waals surface area contributed by atoms with Crippen LogP contribution < -0.4 is 0 Å². The summed E-state index contributed by atoms with van der Waals surface area (Å²) < 4.78 is 0. The van der Waals surface area contributed by atoms with E-state index in [1.165, 1.54) is 110 Å². The van der Waals surface area contributed by atoms with E-state index < -0.39 is 0 Å². The summed E-state index contributed by atoms with van der Waals surface area (Å²) in [5.74, 6) is 0. The van der Waals surface area contributed by atoms with Gasteiger partial charge < -0.3 is 0 Å². The van der Waals surface area contributed by atoms with Crippen LogP contribution in [-0.4, -0.2) is 0 Å². The van der Waals surface area contributed by atoms with Gasteiger partial charge >= 0.3 is 0 Å². The highest BCUT2D eigenvalue weighted by atomic mass is 14.4. The molecule has 0 fully saturated rings. The molecule has 1 aliphatic carbocycles. The summed E-state index contributed by atoms with van der Waals surface area (Å²) in [6.07, 6.45) is 0. The number of rotatable bonds is 4. The average molecular weight is 699 g/mol. The van der Waals surface area contributed by atoms with E-state index in [2.05, 4.69) is 208 Å². The molecule has 0 aliphatic heterocycles. The summed E-state index contributed by atoms with van der Waals surface area (Å²) in [7, 11) is 0. The molecule has 0 radical (unpaired) electrons. The first-order chi connectivity index (χ1) is 27.1. The molecule has 0 aromatic heterocycles. The Morgan fingerprint density at radius 1 is 0.309 bits per heavy atom. The van der Waals surface area contributed by atoms with Gasteiger partial charge in [0.2, 0.25) is 0 Å². The zero-order valence-electron chi connectivity index (χ0n) is 31.0. The minimum absolute atomic E-state index is 0.0547. The largest absolute Gasteiger partial charge is 0.0622 e. The molecule has 0 N–H and O–H groups in total. The zero-order chi connectivity index (χ0) is 36.7. The van der Waals surface area contributed by atoms with Crippen molar-refractivity contribution < 1.29 is 0 Å². The quantitative estimate of drug-likeness (QED) is 0.127. The Labute approximate surface area is 322 Å². The fourth-order valence-corrected chi connectivity index (χ4v) is 9.75. The Morgan fingerprint density at radius 2 is 0.891 bits per heavy atom. The molecule has 0 unspecified atom stereocenters. The summed E-state index contributed by atoms with van der Waals surface area (Å²) in [6, 6.07) is 72.2. The lowest BCUT2D eigenvalue weighted by atomic mass is 9.80.